The maximum Gasteiger partial charge on any atom is 0.279 e. The van der Waals surface area contributed by atoms with Crippen molar-refractivity contribution in [1.29, 1.82) is 0 Å². The maximum absolute atomic E-state index is 12.0. The van der Waals surface area contributed by atoms with Crippen LogP contribution in [0.15, 0.2) is 34.1 Å². The number of fused-ring (bicyclic) bond motifs is 1. The highest BCUT2D eigenvalue weighted by Gasteiger charge is 2.20. The molecular weight excluding hydrogens is 300 g/mol. The van der Waals surface area contributed by atoms with E-state index in [1.165, 1.54) is 0 Å². The molecule has 1 atom stereocenters. The molecule has 2 heterocycles. The lowest BCUT2D eigenvalue weighted by Gasteiger charge is -2.18. The van der Waals surface area contributed by atoms with Crippen molar-refractivity contribution in [2.75, 3.05) is 12.4 Å². The van der Waals surface area contributed by atoms with Gasteiger partial charge in [0.15, 0.2) is 10.5 Å². The van der Waals surface area contributed by atoms with Crippen LogP contribution < -0.4 is 15.6 Å². The Bertz CT molecular complexity index is 836. The Morgan fingerprint density at radius 2 is 2.00 bits per heavy atom. The van der Waals surface area contributed by atoms with E-state index in [-0.39, 0.29) is 16.4 Å². The quantitative estimate of drug-likeness (QED) is 0.744. The number of nitrogens with one attached hydrogen (secondary N) is 3. The number of methoxy groups -OCH3 is 1. The zero-order valence-electron chi connectivity index (χ0n) is 12.3. The summed E-state index contributed by atoms with van der Waals surface area (Å²) in [6.45, 7) is 1.91. The van der Waals surface area contributed by atoms with E-state index in [1.54, 1.807) is 7.11 Å². The normalized spacial score (nSPS) is 17.0. The van der Waals surface area contributed by atoms with Crippen LogP contribution in [-0.4, -0.2) is 22.8 Å². The molecule has 3 N–H and O–H groups in total. The lowest BCUT2D eigenvalue weighted by atomic mass is 10.0. The van der Waals surface area contributed by atoms with Crippen molar-refractivity contribution in [3.63, 3.8) is 0 Å². The Balaban J connectivity index is 2.03. The molecule has 114 valence electrons. The van der Waals surface area contributed by atoms with Gasteiger partial charge >= 0.3 is 0 Å². The third-order valence-corrected chi connectivity index (χ3v) is 3.76. The Labute approximate surface area is 132 Å². The number of aromatic nitrogens is 2. The number of aromatic amines is 2. The number of nitrogens with zero attached hydrogens (tertiary/aromatic N) is 1. The molecule has 1 aliphatic heterocycles. The fraction of sp³-hybridized carbons (Fsp3) is 0.267. The highest BCUT2D eigenvalue weighted by molar-refractivity contribution is 7.71. The summed E-state index contributed by atoms with van der Waals surface area (Å²) >= 11 is 5.03. The highest BCUT2D eigenvalue weighted by Crippen LogP contribution is 2.30. The van der Waals surface area contributed by atoms with Crippen LogP contribution in [0.2, 0.25) is 0 Å². The van der Waals surface area contributed by atoms with Crippen LogP contribution in [-0.2, 0) is 0 Å². The number of aliphatic imine (C=N–C) groups is 1. The van der Waals surface area contributed by atoms with Crippen LogP contribution >= 0.6 is 12.2 Å². The SMILES string of the molecule is COc1ccc(C2CC(C)=Nc3c([nH]c(=S)[nH]c3=O)N2)cc1. The van der Waals surface area contributed by atoms with E-state index in [9.17, 15) is 4.79 Å². The molecule has 1 aliphatic rings. The molecule has 0 aliphatic carbocycles. The van der Waals surface area contributed by atoms with Gasteiger partial charge in [0.25, 0.3) is 5.56 Å². The number of benzene rings is 1. The van der Waals surface area contributed by atoms with Crippen LogP contribution in [0.5, 0.6) is 5.75 Å². The second kappa shape index (κ2) is 5.76. The molecule has 0 saturated carbocycles. The average molecular weight is 316 g/mol. The van der Waals surface area contributed by atoms with E-state index in [2.05, 4.69) is 20.3 Å². The van der Waals surface area contributed by atoms with Gasteiger partial charge in [-0.1, -0.05) is 12.1 Å². The third kappa shape index (κ3) is 2.80. The van der Waals surface area contributed by atoms with Crippen LogP contribution in [0.1, 0.15) is 24.9 Å². The molecular formula is C15H16N4O2S. The van der Waals surface area contributed by atoms with E-state index in [1.807, 2.05) is 31.2 Å². The molecule has 3 rings (SSSR count). The van der Waals surface area contributed by atoms with Crippen molar-refractivity contribution in [3.05, 3.63) is 45.0 Å². The standard InChI is InChI=1S/C15H16N4O2S/c1-8-7-11(9-3-5-10(21-2)6-4-9)17-13-12(16-8)14(20)19-15(22)18-13/h3-6,11H,7H2,1-2H3,(H3,17,18,19,20,22). The summed E-state index contributed by atoms with van der Waals surface area (Å²) in [5.41, 5.74) is 2.01. The summed E-state index contributed by atoms with van der Waals surface area (Å²) in [6.07, 6.45) is 0.695. The van der Waals surface area contributed by atoms with Gasteiger partial charge in [0, 0.05) is 12.1 Å². The fourth-order valence-electron chi connectivity index (χ4n) is 2.49. The van der Waals surface area contributed by atoms with Gasteiger partial charge in [0.05, 0.1) is 13.2 Å². The first-order valence-corrected chi connectivity index (χ1v) is 7.29. The monoisotopic (exact) mass is 316 g/mol. The van der Waals surface area contributed by atoms with Crippen molar-refractivity contribution in [2.45, 2.75) is 19.4 Å². The molecule has 1 aromatic heterocycles. The lowest BCUT2D eigenvalue weighted by Crippen LogP contribution is -2.15. The zero-order chi connectivity index (χ0) is 15.7. The molecule has 0 spiro atoms. The molecule has 2 aromatic rings. The summed E-state index contributed by atoms with van der Waals surface area (Å²) in [6, 6.07) is 7.82. The van der Waals surface area contributed by atoms with Crippen molar-refractivity contribution >= 4 is 29.4 Å². The lowest BCUT2D eigenvalue weighted by molar-refractivity contribution is 0.414. The number of H-pyrrole nitrogens is 2. The highest BCUT2D eigenvalue weighted by atomic mass is 32.1. The number of ether oxygens (including phenoxy) is 1. The van der Waals surface area contributed by atoms with Crippen LogP contribution in [0.4, 0.5) is 11.5 Å². The number of hydrogen-bond donors (Lipinski definition) is 3. The van der Waals surface area contributed by atoms with Gasteiger partial charge in [-0.2, -0.15) is 0 Å². The van der Waals surface area contributed by atoms with E-state index in [0.29, 0.717) is 17.9 Å². The Kier molecular flexibility index (Phi) is 3.81. The minimum Gasteiger partial charge on any atom is -0.497 e. The molecule has 1 aromatic carbocycles. The molecule has 0 radical (unpaired) electrons. The number of anilines is 1. The van der Waals surface area contributed by atoms with Crippen molar-refractivity contribution in [3.8, 4) is 5.75 Å². The first-order valence-electron chi connectivity index (χ1n) is 6.88. The van der Waals surface area contributed by atoms with Gasteiger partial charge in [-0.3, -0.25) is 9.78 Å². The molecule has 0 saturated heterocycles. The minimum absolute atomic E-state index is 0.00311. The van der Waals surface area contributed by atoms with Gasteiger partial charge in [-0.05, 0) is 36.8 Å². The molecule has 1 unspecified atom stereocenters. The number of hydrogen-bond acceptors (Lipinski definition) is 5. The largest absolute Gasteiger partial charge is 0.497 e. The summed E-state index contributed by atoms with van der Waals surface area (Å²) in [5.74, 6) is 1.35. The molecule has 0 fully saturated rings. The van der Waals surface area contributed by atoms with Crippen LogP contribution in [0.25, 0.3) is 0 Å². The van der Waals surface area contributed by atoms with Crippen molar-refractivity contribution < 1.29 is 4.74 Å². The maximum atomic E-state index is 12.0. The predicted octanol–water partition coefficient (Wildman–Crippen LogP) is 3.09. The smallest absolute Gasteiger partial charge is 0.279 e. The van der Waals surface area contributed by atoms with E-state index in [4.69, 9.17) is 17.0 Å². The molecule has 6 nitrogen and oxygen atoms in total. The van der Waals surface area contributed by atoms with Crippen LogP contribution in [0, 0.1) is 4.77 Å². The Morgan fingerprint density at radius 3 is 2.68 bits per heavy atom. The number of rotatable bonds is 2. The predicted molar refractivity (Wildman–Crippen MR) is 89.0 cm³/mol. The molecule has 22 heavy (non-hydrogen) atoms. The molecule has 0 amide bonds. The van der Waals surface area contributed by atoms with E-state index in [0.717, 1.165) is 17.0 Å². The van der Waals surface area contributed by atoms with Gasteiger partial charge in [0.1, 0.15) is 11.6 Å². The van der Waals surface area contributed by atoms with Crippen LogP contribution in [0.3, 0.4) is 0 Å². The fourth-order valence-corrected chi connectivity index (χ4v) is 2.68. The summed E-state index contributed by atoms with van der Waals surface area (Å²) in [4.78, 5) is 21.9. The van der Waals surface area contributed by atoms with Gasteiger partial charge in [-0.25, -0.2) is 4.99 Å². The van der Waals surface area contributed by atoms with Gasteiger partial charge in [0.2, 0.25) is 0 Å². The Morgan fingerprint density at radius 1 is 1.27 bits per heavy atom. The van der Waals surface area contributed by atoms with Crippen molar-refractivity contribution in [2.24, 2.45) is 4.99 Å². The first kappa shape index (κ1) is 14.5. The Hall–Kier alpha value is -2.41. The summed E-state index contributed by atoms with van der Waals surface area (Å²) in [7, 11) is 1.64. The van der Waals surface area contributed by atoms with Crippen molar-refractivity contribution in [1.82, 2.24) is 9.97 Å². The summed E-state index contributed by atoms with van der Waals surface area (Å²) in [5, 5.41) is 3.33. The van der Waals surface area contributed by atoms with Gasteiger partial charge < -0.3 is 15.0 Å². The van der Waals surface area contributed by atoms with Gasteiger partial charge in [-0.15, -0.1) is 0 Å². The average Bonchev–Trinajstić information content (AvgIpc) is 2.66. The third-order valence-electron chi connectivity index (χ3n) is 3.56. The first-order chi connectivity index (χ1) is 10.6. The molecule has 7 heteroatoms. The second-order valence-corrected chi connectivity index (χ2v) is 5.56. The second-order valence-electron chi connectivity index (χ2n) is 5.15. The zero-order valence-corrected chi connectivity index (χ0v) is 13.1. The summed E-state index contributed by atoms with van der Waals surface area (Å²) < 4.78 is 5.46. The van der Waals surface area contributed by atoms with E-state index < -0.39 is 0 Å². The topological polar surface area (TPSA) is 82.3 Å². The minimum atomic E-state index is -0.291. The van der Waals surface area contributed by atoms with E-state index >= 15 is 0 Å². The molecule has 0 bridgehead atoms.